The van der Waals surface area contributed by atoms with Gasteiger partial charge in [-0.05, 0) is 24.6 Å². The van der Waals surface area contributed by atoms with Gasteiger partial charge >= 0.3 is 0 Å². The van der Waals surface area contributed by atoms with E-state index in [1.807, 2.05) is 37.1 Å². The van der Waals surface area contributed by atoms with Crippen LogP contribution in [0.5, 0.6) is 0 Å². The summed E-state index contributed by atoms with van der Waals surface area (Å²) in [6.07, 6.45) is 0. The van der Waals surface area contributed by atoms with Crippen LogP contribution in [0.1, 0.15) is 17.3 Å². The van der Waals surface area contributed by atoms with E-state index < -0.39 is 0 Å². The van der Waals surface area contributed by atoms with Gasteiger partial charge in [0.2, 0.25) is 5.89 Å². The summed E-state index contributed by atoms with van der Waals surface area (Å²) in [4.78, 5) is 6.15. The first kappa shape index (κ1) is 15.8. The Bertz CT molecular complexity index is 544. The Morgan fingerprint density at radius 3 is 2.74 bits per heavy atom. The quantitative estimate of drug-likeness (QED) is 0.940. The second-order valence-corrected chi connectivity index (χ2v) is 4.51. The second kappa shape index (κ2) is 6.75. The van der Waals surface area contributed by atoms with E-state index in [2.05, 4.69) is 10.1 Å². The van der Waals surface area contributed by atoms with Crippen LogP contribution in [0.2, 0.25) is 5.02 Å². The van der Waals surface area contributed by atoms with Gasteiger partial charge in [-0.2, -0.15) is 4.98 Å². The summed E-state index contributed by atoms with van der Waals surface area (Å²) < 4.78 is 4.95. The highest BCUT2D eigenvalue weighted by molar-refractivity contribution is 6.31. The van der Waals surface area contributed by atoms with Gasteiger partial charge in [0.1, 0.15) is 0 Å². The minimum Gasteiger partial charge on any atom is -0.367 e. The van der Waals surface area contributed by atoms with Crippen molar-refractivity contribution < 1.29 is 4.52 Å². The maximum atomic E-state index is 6.09. The Kier molecular flexibility index (Phi) is 5.60. The van der Waals surface area contributed by atoms with Crippen molar-refractivity contribution in [3.8, 4) is 0 Å². The highest BCUT2D eigenvalue weighted by atomic mass is 35.5. The molecule has 5 nitrogen and oxygen atoms in total. The van der Waals surface area contributed by atoms with Gasteiger partial charge in [0.25, 0.3) is 0 Å². The summed E-state index contributed by atoms with van der Waals surface area (Å²) in [7, 11) is 1.94. The molecule has 2 aromatic rings. The average Bonchev–Trinajstić information content (AvgIpc) is 2.80. The topological polar surface area (TPSA) is 68.2 Å². The minimum atomic E-state index is 0. The first-order chi connectivity index (χ1) is 8.60. The van der Waals surface area contributed by atoms with Gasteiger partial charge in [0, 0.05) is 17.8 Å². The van der Waals surface area contributed by atoms with E-state index in [0.717, 1.165) is 16.3 Å². The molecule has 2 rings (SSSR count). The van der Waals surface area contributed by atoms with E-state index in [4.69, 9.17) is 21.9 Å². The number of hydrogen-bond donors (Lipinski definition) is 1. The van der Waals surface area contributed by atoms with Gasteiger partial charge in [-0.1, -0.05) is 22.8 Å². The number of nitrogens with zero attached hydrogens (tertiary/aromatic N) is 3. The molecule has 0 atom stereocenters. The fourth-order valence-electron chi connectivity index (χ4n) is 1.56. The number of halogens is 2. The average molecular weight is 303 g/mol. The Hall–Kier alpha value is -1.30. The summed E-state index contributed by atoms with van der Waals surface area (Å²) >= 11 is 6.09. The molecule has 7 heteroatoms. The van der Waals surface area contributed by atoms with Crippen molar-refractivity contribution in [1.29, 1.82) is 0 Å². The Morgan fingerprint density at radius 2 is 2.16 bits per heavy atom. The molecule has 1 heterocycles. The Morgan fingerprint density at radius 1 is 1.42 bits per heavy atom. The van der Waals surface area contributed by atoms with Crippen molar-refractivity contribution >= 4 is 29.7 Å². The van der Waals surface area contributed by atoms with E-state index in [0.29, 0.717) is 18.3 Å². The van der Waals surface area contributed by atoms with Crippen LogP contribution in [0.25, 0.3) is 0 Å². The largest absolute Gasteiger partial charge is 0.367 e. The zero-order valence-corrected chi connectivity index (χ0v) is 12.3. The first-order valence-electron chi connectivity index (χ1n) is 5.59. The number of aryl methyl sites for hydroxylation is 1. The van der Waals surface area contributed by atoms with E-state index in [1.54, 1.807) is 0 Å². The fraction of sp³-hybridized carbons (Fsp3) is 0.333. The van der Waals surface area contributed by atoms with Gasteiger partial charge in [0.15, 0.2) is 5.82 Å². The van der Waals surface area contributed by atoms with E-state index in [1.165, 1.54) is 0 Å². The zero-order chi connectivity index (χ0) is 13.1. The second-order valence-electron chi connectivity index (χ2n) is 4.10. The predicted octanol–water partition coefficient (Wildman–Crippen LogP) is 2.55. The molecule has 0 unspecified atom stereocenters. The molecule has 0 saturated heterocycles. The lowest BCUT2D eigenvalue weighted by Gasteiger charge is -2.17. The van der Waals surface area contributed by atoms with Crippen molar-refractivity contribution in [2.75, 3.05) is 11.9 Å². The van der Waals surface area contributed by atoms with Crippen LogP contribution in [0, 0.1) is 6.92 Å². The van der Waals surface area contributed by atoms with E-state index >= 15 is 0 Å². The fourth-order valence-corrected chi connectivity index (χ4v) is 1.73. The Labute approximate surface area is 123 Å². The molecule has 0 spiro atoms. The molecule has 104 valence electrons. The van der Waals surface area contributed by atoms with Crippen molar-refractivity contribution in [1.82, 2.24) is 10.1 Å². The molecule has 0 amide bonds. The number of aromatic nitrogens is 2. The standard InChI is InChI=1S/C12H15ClN4O.ClH/c1-8-3-4-9(5-10(8)13)17(2)7-11-15-12(6-14)18-16-11;/h3-5H,6-7,14H2,1-2H3;1H. The molecule has 0 fully saturated rings. The molecule has 0 aliphatic carbocycles. The van der Waals surface area contributed by atoms with Crippen molar-refractivity contribution in [2.24, 2.45) is 5.73 Å². The summed E-state index contributed by atoms with van der Waals surface area (Å²) in [6, 6.07) is 5.90. The zero-order valence-electron chi connectivity index (χ0n) is 10.8. The molecule has 1 aromatic carbocycles. The summed E-state index contributed by atoms with van der Waals surface area (Å²) in [5.74, 6) is 1.05. The van der Waals surface area contributed by atoms with Gasteiger partial charge in [0.05, 0.1) is 13.1 Å². The summed E-state index contributed by atoms with van der Waals surface area (Å²) in [5.41, 5.74) is 7.47. The van der Waals surface area contributed by atoms with Crippen LogP contribution in [0.4, 0.5) is 5.69 Å². The highest BCUT2D eigenvalue weighted by Gasteiger charge is 2.09. The SMILES string of the molecule is Cc1ccc(N(C)Cc2noc(CN)n2)cc1Cl.Cl. The smallest absolute Gasteiger partial charge is 0.240 e. The van der Waals surface area contributed by atoms with E-state index in [9.17, 15) is 0 Å². The van der Waals surface area contributed by atoms with E-state index in [-0.39, 0.29) is 19.0 Å². The van der Waals surface area contributed by atoms with Gasteiger partial charge in [-0.25, -0.2) is 0 Å². The van der Waals surface area contributed by atoms with Crippen molar-refractivity contribution in [2.45, 2.75) is 20.0 Å². The Balaban J connectivity index is 0.00000180. The molecule has 0 radical (unpaired) electrons. The maximum Gasteiger partial charge on any atom is 0.240 e. The lowest BCUT2D eigenvalue weighted by Crippen LogP contribution is -2.17. The van der Waals surface area contributed by atoms with Crippen LogP contribution in [-0.2, 0) is 13.1 Å². The third-order valence-electron chi connectivity index (χ3n) is 2.66. The van der Waals surface area contributed by atoms with Gasteiger partial charge in [-0.3, -0.25) is 0 Å². The normalized spacial score (nSPS) is 10.1. The molecule has 0 bridgehead atoms. The lowest BCUT2D eigenvalue weighted by atomic mass is 10.2. The first-order valence-corrected chi connectivity index (χ1v) is 5.96. The third-order valence-corrected chi connectivity index (χ3v) is 3.07. The molecule has 19 heavy (non-hydrogen) atoms. The number of rotatable bonds is 4. The number of nitrogens with two attached hydrogens (primary N) is 1. The predicted molar refractivity (Wildman–Crippen MR) is 77.7 cm³/mol. The number of anilines is 1. The molecular formula is C12H16Cl2N4O. The van der Waals surface area contributed by atoms with Crippen molar-refractivity contribution in [3.05, 3.63) is 40.5 Å². The maximum absolute atomic E-state index is 6.09. The monoisotopic (exact) mass is 302 g/mol. The van der Waals surface area contributed by atoms with Crippen LogP contribution in [-0.4, -0.2) is 17.2 Å². The van der Waals surface area contributed by atoms with Crippen LogP contribution in [0.3, 0.4) is 0 Å². The van der Waals surface area contributed by atoms with Crippen LogP contribution >= 0.6 is 24.0 Å². The number of hydrogen-bond acceptors (Lipinski definition) is 5. The molecule has 2 N–H and O–H groups in total. The molecular weight excluding hydrogens is 287 g/mol. The molecule has 0 aliphatic rings. The number of benzene rings is 1. The third kappa shape index (κ3) is 3.83. The van der Waals surface area contributed by atoms with Gasteiger partial charge < -0.3 is 15.2 Å². The highest BCUT2D eigenvalue weighted by Crippen LogP contribution is 2.23. The summed E-state index contributed by atoms with van der Waals surface area (Å²) in [6.45, 7) is 2.77. The minimum absolute atomic E-state index is 0. The van der Waals surface area contributed by atoms with Crippen molar-refractivity contribution in [3.63, 3.8) is 0 Å². The van der Waals surface area contributed by atoms with Crippen LogP contribution in [0.15, 0.2) is 22.7 Å². The summed E-state index contributed by atoms with van der Waals surface area (Å²) in [5, 5.41) is 4.60. The lowest BCUT2D eigenvalue weighted by molar-refractivity contribution is 0.374. The molecule has 0 saturated carbocycles. The van der Waals surface area contributed by atoms with Gasteiger partial charge in [-0.15, -0.1) is 12.4 Å². The molecule has 1 aromatic heterocycles. The van der Waals surface area contributed by atoms with Crippen LogP contribution < -0.4 is 10.6 Å². The molecule has 0 aliphatic heterocycles.